The first-order chi connectivity index (χ1) is 6.20. The number of nitrogens with one attached hydrogen (secondary N) is 3. The standard InChI is InChI=1S/C7H21N3OP2/c1-8-4-12(3)6-10-7-13(11)5-9-2/h8-10,13H,4-7H2,1-3H3. The molecule has 0 aromatic rings. The van der Waals surface area contributed by atoms with Gasteiger partial charge in [0.05, 0.1) is 0 Å². The molecule has 0 aliphatic rings. The predicted octanol–water partition coefficient (Wildman–Crippen LogP) is 0.516. The predicted molar refractivity (Wildman–Crippen MR) is 62.6 cm³/mol. The Morgan fingerprint density at radius 3 is 2.38 bits per heavy atom. The van der Waals surface area contributed by atoms with E-state index in [-0.39, 0.29) is 7.92 Å². The molecule has 6 heteroatoms. The Morgan fingerprint density at radius 2 is 1.85 bits per heavy atom. The van der Waals surface area contributed by atoms with E-state index < -0.39 is 7.80 Å². The maximum absolute atomic E-state index is 11.2. The van der Waals surface area contributed by atoms with Gasteiger partial charge in [-0.05, 0) is 20.8 Å². The van der Waals surface area contributed by atoms with Crippen LogP contribution in [0.5, 0.6) is 0 Å². The Labute approximate surface area is 82.8 Å². The highest BCUT2D eigenvalue weighted by molar-refractivity contribution is 7.56. The van der Waals surface area contributed by atoms with Crippen LogP contribution in [0.15, 0.2) is 0 Å². The van der Waals surface area contributed by atoms with E-state index in [1.807, 2.05) is 14.1 Å². The molecule has 0 aromatic carbocycles. The Kier molecular flexibility index (Phi) is 9.49. The summed E-state index contributed by atoms with van der Waals surface area (Å²) in [6.45, 7) is 2.23. The third-order valence-electron chi connectivity index (χ3n) is 1.51. The van der Waals surface area contributed by atoms with Crippen molar-refractivity contribution in [3.05, 3.63) is 0 Å². The second-order valence-electron chi connectivity index (χ2n) is 3.02. The molecule has 2 unspecified atom stereocenters. The second-order valence-corrected chi connectivity index (χ2v) is 7.15. The zero-order valence-electron chi connectivity index (χ0n) is 8.68. The van der Waals surface area contributed by atoms with Gasteiger partial charge in [-0.3, -0.25) is 0 Å². The SMILES string of the molecule is CNCP(C)CNC[PH](=O)CNC. The van der Waals surface area contributed by atoms with Crippen LogP contribution in [0.25, 0.3) is 0 Å². The van der Waals surface area contributed by atoms with Gasteiger partial charge in [0.15, 0.2) is 0 Å². The van der Waals surface area contributed by atoms with E-state index in [4.69, 9.17) is 0 Å². The maximum atomic E-state index is 11.2. The molecule has 0 saturated heterocycles. The van der Waals surface area contributed by atoms with Crippen molar-refractivity contribution in [2.24, 2.45) is 0 Å². The largest absolute Gasteiger partial charge is 0.324 e. The van der Waals surface area contributed by atoms with Crippen molar-refractivity contribution >= 4 is 15.7 Å². The van der Waals surface area contributed by atoms with E-state index in [9.17, 15) is 4.57 Å². The maximum Gasteiger partial charge on any atom is 0.102 e. The van der Waals surface area contributed by atoms with Gasteiger partial charge in [0, 0.05) is 25.1 Å². The summed E-state index contributed by atoms with van der Waals surface area (Å²) in [6, 6.07) is 0. The first-order valence-electron chi connectivity index (χ1n) is 4.41. The molecule has 80 valence electrons. The minimum Gasteiger partial charge on any atom is -0.324 e. The Morgan fingerprint density at radius 1 is 1.15 bits per heavy atom. The van der Waals surface area contributed by atoms with Crippen molar-refractivity contribution in [2.45, 2.75) is 0 Å². The zero-order chi connectivity index (χ0) is 10.1. The number of rotatable bonds is 8. The van der Waals surface area contributed by atoms with E-state index in [2.05, 4.69) is 22.6 Å². The second kappa shape index (κ2) is 9.11. The molecule has 0 amide bonds. The van der Waals surface area contributed by atoms with Gasteiger partial charge < -0.3 is 20.5 Å². The summed E-state index contributed by atoms with van der Waals surface area (Å²) in [4.78, 5) is 0. The highest BCUT2D eigenvalue weighted by Crippen LogP contribution is 2.26. The van der Waals surface area contributed by atoms with Crippen molar-refractivity contribution in [1.29, 1.82) is 0 Å². The van der Waals surface area contributed by atoms with Crippen LogP contribution in [0.4, 0.5) is 0 Å². The third kappa shape index (κ3) is 8.86. The fraction of sp³-hybridized carbons (Fsp3) is 1.00. The molecule has 3 N–H and O–H groups in total. The molecule has 0 aromatic heterocycles. The minimum absolute atomic E-state index is 0.0142. The topological polar surface area (TPSA) is 53.2 Å². The summed E-state index contributed by atoms with van der Waals surface area (Å²) in [7, 11) is 2.37. The minimum atomic E-state index is -1.43. The number of hydrogen-bond donors (Lipinski definition) is 3. The average Bonchev–Trinajstić information content (AvgIpc) is 2.05. The summed E-state index contributed by atoms with van der Waals surface area (Å²) in [5, 5.41) is 9.29. The molecule has 13 heavy (non-hydrogen) atoms. The molecule has 4 nitrogen and oxygen atoms in total. The monoisotopic (exact) mass is 225 g/mol. The van der Waals surface area contributed by atoms with Gasteiger partial charge in [-0.1, -0.05) is 7.92 Å². The van der Waals surface area contributed by atoms with Crippen molar-refractivity contribution in [3.8, 4) is 0 Å². The quantitative estimate of drug-likeness (QED) is 0.527. The Hall–Kier alpha value is 0.540. The molecule has 0 radical (unpaired) electrons. The average molecular weight is 225 g/mol. The lowest BCUT2D eigenvalue weighted by Gasteiger charge is -2.12. The molecule has 0 bridgehead atoms. The normalized spacial score (nSPS) is 15.6. The van der Waals surface area contributed by atoms with E-state index in [1.165, 1.54) is 0 Å². The lowest BCUT2D eigenvalue weighted by atomic mass is 11.2. The fourth-order valence-corrected chi connectivity index (χ4v) is 3.25. The Balaban J connectivity index is 3.28. The first kappa shape index (κ1) is 13.5. The fourth-order valence-electron chi connectivity index (χ4n) is 0.972. The van der Waals surface area contributed by atoms with E-state index >= 15 is 0 Å². The van der Waals surface area contributed by atoms with Gasteiger partial charge in [0.1, 0.15) is 7.80 Å². The molecular formula is C7H21N3OP2. The van der Waals surface area contributed by atoms with Crippen LogP contribution >= 0.6 is 15.7 Å². The van der Waals surface area contributed by atoms with Crippen LogP contribution in [0.2, 0.25) is 0 Å². The smallest absolute Gasteiger partial charge is 0.102 e. The summed E-state index contributed by atoms with van der Waals surface area (Å²) in [5.41, 5.74) is 0. The van der Waals surface area contributed by atoms with Crippen LogP contribution in [-0.2, 0) is 4.57 Å². The molecule has 0 spiro atoms. The summed E-state index contributed by atoms with van der Waals surface area (Å²) in [5.74, 6) is 0. The van der Waals surface area contributed by atoms with Gasteiger partial charge in [-0.2, -0.15) is 0 Å². The van der Waals surface area contributed by atoms with Gasteiger partial charge in [0.2, 0.25) is 0 Å². The lowest BCUT2D eigenvalue weighted by molar-refractivity contribution is 0.582. The molecule has 0 heterocycles. The lowest BCUT2D eigenvalue weighted by Crippen LogP contribution is -2.18. The Bertz CT molecular complexity index is 146. The zero-order valence-corrected chi connectivity index (χ0v) is 10.6. The summed E-state index contributed by atoms with van der Waals surface area (Å²) >= 11 is 0. The molecule has 0 fully saturated rings. The van der Waals surface area contributed by atoms with Gasteiger partial charge in [0.25, 0.3) is 0 Å². The van der Waals surface area contributed by atoms with Crippen LogP contribution in [0, 0.1) is 0 Å². The molecular weight excluding hydrogens is 204 g/mol. The highest BCUT2D eigenvalue weighted by atomic mass is 31.1. The van der Waals surface area contributed by atoms with Crippen LogP contribution < -0.4 is 16.0 Å². The van der Waals surface area contributed by atoms with Crippen molar-refractivity contribution in [1.82, 2.24) is 16.0 Å². The summed E-state index contributed by atoms with van der Waals surface area (Å²) < 4.78 is 11.2. The molecule has 2 atom stereocenters. The van der Waals surface area contributed by atoms with Crippen molar-refractivity contribution in [3.63, 3.8) is 0 Å². The van der Waals surface area contributed by atoms with Crippen LogP contribution in [-0.4, -0.2) is 45.9 Å². The van der Waals surface area contributed by atoms with Gasteiger partial charge >= 0.3 is 0 Å². The van der Waals surface area contributed by atoms with E-state index in [1.54, 1.807) is 0 Å². The molecule has 0 aliphatic heterocycles. The van der Waals surface area contributed by atoms with Crippen molar-refractivity contribution in [2.75, 3.05) is 45.9 Å². The summed E-state index contributed by atoms with van der Waals surface area (Å²) in [6.07, 6.45) is 3.37. The van der Waals surface area contributed by atoms with Gasteiger partial charge in [-0.15, -0.1) is 0 Å². The number of hydrogen-bond acceptors (Lipinski definition) is 4. The van der Waals surface area contributed by atoms with Crippen LogP contribution in [0.3, 0.4) is 0 Å². The molecule has 0 rings (SSSR count). The van der Waals surface area contributed by atoms with E-state index in [0.29, 0.717) is 12.6 Å². The van der Waals surface area contributed by atoms with Crippen molar-refractivity contribution < 1.29 is 4.57 Å². The van der Waals surface area contributed by atoms with Gasteiger partial charge in [-0.25, -0.2) is 0 Å². The van der Waals surface area contributed by atoms with Crippen LogP contribution in [0.1, 0.15) is 0 Å². The highest BCUT2D eigenvalue weighted by Gasteiger charge is 2.00. The van der Waals surface area contributed by atoms with E-state index in [0.717, 1.165) is 12.6 Å². The third-order valence-corrected chi connectivity index (χ3v) is 4.52. The molecule has 0 saturated carbocycles. The first-order valence-corrected chi connectivity index (χ1v) is 8.39. The molecule has 0 aliphatic carbocycles.